The Bertz CT molecular complexity index is 1070. The number of carbonyl (C=O) groups is 1. The quantitative estimate of drug-likeness (QED) is 0.602. The van der Waals surface area contributed by atoms with Crippen LogP contribution in [0.2, 0.25) is 0 Å². The van der Waals surface area contributed by atoms with E-state index in [-0.39, 0.29) is 29.4 Å². The first kappa shape index (κ1) is 25.0. The second-order valence-corrected chi connectivity index (χ2v) is 13.2. The van der Waals surface area contributed by atoms with E-state index in [1.165, 1.54) is 25.3 Å². The van der Waals surface area contributed by atoms with Crippen LogP contribution in [0, 0.1) is 23.2 Å². The minimum Gasteiger partial charge on any atom is -0.383 e. The Balaban J connectivity index is 1.15. The van der Waals surface area contributed by atoms with Crippen molar-refractivity contribution in [1.82, 2.24) is 9.62 Å². The van der Waals surface area contributed by atoms with Gasteiger partial charge in [0.25, 0.3) is 0 Å². The first-order chi connectivity index (χ1) is 16.5. The molecule has 5 rings (SSSR count). The first-order valence-electron chi connectivity index (χ1n) is 12.6. The zero-order chi connectivity index (χ0) is 25.0. The third-order valence-corrected chi connectivity index (χ3v) is 10.6. The Labute approximate surface area is 204 Å². The number of amides is 1. The van der Waals surface area contributed by atoms with Gasteiger partial charge in [0.05, 0.1) is 10.5 Å². The maximum atomic E-state index is 13.0. The topological polar surface area (TPSA) is 86.7 Å². The van der Waals surface area contributed by atoms with Gasteiger partial charge in [-0.25, -0.2) is 8.42 Å². The Kier molecular flexibility index (Phi) is 6.45. The molecule has 3 aliphatic carbocycles. The van der Waals surface area contributed by atoms with Gasteiger partial charge in [0.2, 0.25) is 15.9 Å². The maximum Gasteiger partial charge on any atom is 0.416 e. The lowest BCUT2D eigenvalue weighted by Gasteiger charge is -2.34. The standard InChI is InChI=1S/C25H33F3N2O4S/c26-25(27,28)19-2-1-3-21(12-19)35(33,34)30-8-5-20(6-9-30)29-23(32)22(31)15-24-7-4-16(13-24)10-17-11-18(17)14-24/h1-3,12,16-18,20,22,31H,4-11,13-15H2,(H,29,32). The maximum absolute atomic E-state index is 13.0. The number of nitrogens with one attached hydrogen (secondary N) is 1. The molecule has 1 aromatic rings. The Morgan fingerprint density at radius 1 is 1.14 bits per heavy atom. The third-order valence-electron chi connectivity index (χ3n) is 8.73. The van der Waals surface area contributed by atoms with Crippen molar-refractivity contribution in [2.45, 2.75) is 81.0 Å². The molecule has 0 aromatic heterocycles. The molecule has 6 nitrogen and oxygen atoms in total. The summed E-state index contributed by atoms with van der Waals surface area (Å²) < 4.78 is 66.0. The molecule has 5 unspecified atom stereocenters. The summed E-state index contributed by atoms with van der Waals surface area (Å²) in [6.07, 6.45) is 2.56. The van der Waals surface area contributed by atoms with Gasteiger partial charge < -0.3 is 10.4 Å². The number of alkyl halides is 3. The predicted molar refractivity (Wildman–Crippen MR) is 123 cm³/mol. The SMILES string of the molecule is O=C(NC1CCN(S(=O)(=O)c2cccc(C(F)(F)F)c2)CC1)C(O)CC12CCC(CC3CC3C1)C2. The van der Waals surface area contributed by atoms with E-state index in [9.17, 15) is 31.5 Å². The second-order valence-electron chi connectivity index (χ2n) is 11.2. The molecule has 1 heterocycles. The van der Waals surface area contributed by atoms with Gasteiger partial charge in [-0.2, -0.15) is 17.5 Å². The number of nitrogens with zero attached hydrogens (tertiary/aromatic N) is 1. The molecule has 194 valence electrons. The van der Waals surface area contributed by atoms with Crippen molar-refractivity contribution in [3.8, 4) is 0 Å². The predicted octanol–water partition coefficient (Wildman–Crippen LogP) is 3.94. The summed E-state index contributed by atoms with van der Waals surface area (Å²) in [7, 11) is -4.07. The fourth-order valence-corrected chi connectivity index (χ4v) is 8.35. The Morgan fingerprint density at radius 3 is 2.60 bits per heavy atom. The summed E-state index contributed by atoms with van der Waals surface area (Å²) in [5, 5.41) is 13.6. The summed E-state index contributed by atoms with van der Waals surface area (Å²) in [5.41, 5.74) is -0.937. The molecule has 10 heteroatoms. The summed E-state index contributed by atoms with van der Waals surface area (Å²) in [5.74, 6) is 1.94. The third kappa shape index (κ3) is 5.25. The highest BCUT2D eigenvalue weighted by molar-refractivity contribution is 7.89. The molecule has 1 aliphatic heterocycles. The number of aliphatic hydroxyl groups is 1. The van der Waals surface area contributed by atoms with E-state index in [4.69, 9.17) is 0 Å². The summed E-state index contributed by atoms with van der Waals surface area (Å²) in [6.45, 7) is 0.183. The van der Waals surface area contributed by atoms with Gasteiger partial charge in [-0.15, -0.1) is 0 Å². The van der Waals surface area contributed by atoms with Gasteiger partial charge in [0.15, 0.2) is 0 Å². The van der Waals surface area contributed by atoms with Gasteiger partial charge >= 0.3 is 6.18 Å². The van der Waals surface area contributed by atoms with Crippen molar-refractivity contribution in [3.05, 3.63) is 29.8 Å². The minimum absolute atomic E-state index is 0.0692. The number of hydrogen-bond donors (Lipinski definition) is 2. The fourth-order valence-electron chi connectivity index (χ4n) is 6.84. The fraction of sp³-hybridized carbons (Fsp3) is 0.720. The van der Waals surface area contributed by atoms with Crippen LogP contribution in [0.15, 0.2) is 29.2 Å². The summed E-state index contributed by atoms with van der Waals surface area (Å²) in [6, 6.07) is 3.48. The number of fused-ring (bicyclic) bond motifs is 3. The number of aliphatic hydroxyl groups excluding tert-OH is 1. The van der Waals surface area contributed by atoms with Crippen LogP contribution < -0.4 is 5.32 Å². The monoisotopic (exact) mass is 514 g/mol. The van der Waals surface area contributed by atoms with Crippen LogP contribution in [-0.4, -0.2) is 49.0 Å². The van der Waals surface area contributed by atoms with Crippen molar-refractivity contribution in [2.75, 3.05) is 13.1 Å². The first-order valence-corrected chi connectivity index (χ1v) is 14.1. The van der Waals surface area contributed by atoms with E-state index in [1.807, 2.05) is 0 Å². The molecule has 1 saturated heterocycles. The molecule has 0 radical (unpaired) electrons. The molecular formula is C25H33F3N2O4S. The molecule has 35 heavy (non-hydrogen) atoms. The zero-order valence-corrected chi connectivity index (χ0v) is 20.5. The van der Waals surface area contributed by atoms with Crippen molar-refractivity contribution < 1.29 is 31.5 Å². The number of halogens is 3. The molecule has 1 amide bonds. The normalized spacial score (nSPS) is 32.5. The molecule has 4 fully saturated rings. The van der Waals surface area contributed by atoms with Crippen LogP contribution in [0.5, 0.6) is 0 Å². The lowest BCUT2D eigenvalue weighted by atomic mass is 9.76. The van der Waals surface area contributed by atoms with E-state index < -0.39 is 33.8 Å². The van der Waals surface area contributed by atoms with Crippen molar-refractivity contribution in [3.63, 3.8) is 0 Å². The lowest BCUT2D eigenvalue weighted by molar-refractivity contribution is -0.137. The number of benzene rings is 1. The molecule has 2 N–H and O–H groups in total. The molecule has 3 saturated carbocycles. The summed E-state index contributed by atoms with van der Waals surface area (Å²) in [4.78, 5) is 12.4. The van der Waals surface area contributed by atoms with Crippen LogP contribution in [0.3, 0.4) is 0 Å². The van der Waals surface area contributed by atoms with E-state index in [1.54, 1.807) is 0 Å². The highest BCUT2D eigenvalue weighted by atomic mass is 32.2. The number of sulfonamides is 1. The molecule has 0 spiro atoms. The second kappa shape index (κ2) is 9.03. The van der Waals surface area contributed by atoms with Gasteiger partial charge in [-0.3, -0.25) is 4.79 Å². The van der Waals surface area contributed by atoms with Gasteiger partial charge in [0, 0.05) is 19.1 Å². The van der Waals surface area contributed by atoms with Crippen LogP contribution in [0.1, 0.15) is 63.4 Å². The van der Waals surface area contributed by atoms with Crippen LogP contribution >= 0.6 is 0 Å². The molecule has 2 bridgehead atoms. The molecular weight excluding hydrogens is 481 g/mol. The van der Waals surface area contributed by atoms with Crippen LogP contribution in [0.4, 0.5) is 13.2 Å². The Morgan fingerprint density at radius 2 is 1.89 bits per heavy atom. The van der Waals surface area contributed by atoms with Crippen molar-refractivity contribution in [2.24, 2.45) is 23.2 Å². The number of hydrogen-bond acceptors (Lipinski definition) is 4. The highest BCUT2D eigenvalue weighted by Gasteiger charge is 2.52. The number of piperidine rings is 1. The Hall–Kier alpha value is -1.65. The smallest absolute Gasteiger partial charge is 0.383 e. The summed E-state index contributed by atoms with van der Waals surface area (Å²) >= 11 is 0. The van der Waals surface area contributed by atoms with E-state index in [0.717, 1.165) is 53.5 Å². The van der Waals surface area contributed by atoms with Gasteiger partial charge in [0.1, 0.15) is 6.10 Å². The number of rotatable bonds is 6. The van der Waals surface area contributed by atoms with E-state index in [2.05, 4.69) is 5.32 Å². The molecule has 4 aliphatic rings. The van der Waals surface area contributed by atoms with E-state index >= 15 is 0 Å². The van der Waals surface area contributed by atoms with Crippen LogP contribution in [-0.2, 0) is 21.0 Å². The zero-order valence-electron chi connectivity index (χ0n) is 19.6. The minimum atomic E-state index is -4.63. The number of carbonyl (C=O) groups excluding carboxylic acids is 1. The largest absolute Gasteiger partial charge is 0.416 e. The van der Waals surface area contributed by atoms with Crippen molar-refractivity contribution in [1.29, 1.82) is 0 Å². The van der Waals surface area contributed by atoms with Crippen LogP contribution in [0.25, 0.3) is 0 Å². The average Bonchev–Trinajstić information content (AvgIpc) is 3.41. The van der Waals surface area contributed by atoms with Gasteiger partial charge in [-0.05, 0) is 99.2 Å². The van der Waals surface area contributed by atoms with Crippen molar-refractivity contribution >= 4 is 15.9 Å². The highest BCUT2D eigenvalue weighted by Crippen LogP contribution is 2.62. The van der Waals surface area contributed by atoms with E-state index in [0.29, 0.717) is 25.3 Å². The van der Waals surface area contributed by atoms with Gasteiger partial charge in [-0.1, -0.05) is 6.07 Å². The lowest BCUT2D eigenvalue weighted by Crippen LogP contribution is -2.49. The average molecular weight is 515 g/mol. The molecule has 1 aromatic carbocycles. The molecule has 5 atom stereocenters.